The van der Waals surface area contributed by atoms with Gasteiger partial charge in [-0.3, -0.25) is 0 Å². The molecule has 2 aromatic carbocycles. The minimum Gasteiger partial charge on any atom is -0.504 e. The van der Waals surface area contributed by atoms with Gasteiger partial charge in [-0.2, -0.15) is 0 Å². The summed E-state index contributed by atoms with van der Waals surface area (Å²) < 4.78 is 10.8. The van der Waals surface area contributed by atoms with Crippen molar-refractivity contribution in [3.8, 4) is 23.0 Å². The average molecular weight is 408 g/mol. The molecule has 0 unspecified atom stereocenters. The van der Waals surface area contributed by atoms with Crippen LogP contribution in [0, 0.1) is 0 Å². The number of aliphatic hydroxyl groups excluding tert-OH is 4. The Balaban J connectivity index is 1.70. The summed E-state index contributed by atoms with van der Waals surface area (Å²) >= 11 is 0. The Bertz CT molecular complexity index is 839. The lowest BCUT2D eigenvalue weighted by Gasteiger charge is -2.39. The monoisotopic (exact) mass is 408 g/mol. The minimum absolute atomic E-state index is 0.000355. The molecule has 0 aromatic heterocycles. The molecule has 29 heavy (non-hydrogen) atoms. The second-order valence-corrected chi connectivity index (χ2v) is 6.94. The molecule has 0 spiro atoms. The van der Waals surface area contributed by atoms with Crippen LogP contribution in [0.15, 0.2) is 36.4 Å². The van der Waals surface area contributed by atoms with E-state index in [2.05, 4.69) is 0 Å². The third kappa shape index (κ3) is 4.72. The van der Waals surface area contributed by atoms with Gasteiger partial charge in [-0.15, -0.1) is 0 Å². The van der Waals surface area contributed by atoms with Crippen molar-refractivity contribution >= 4 is 0 Å². The fourth-order valence-electron chi connectivity index (χ4n) is 3.11. The first kappa shape index (κ1) is 21.2. The van der Waals surface area contributed by atoms with E-state index in [1.165, 1.54) is 24.3 Å². The molecule has 158 valence electrons. The van der Waals surface area contributed by atoms with Gasteiger partial charge in [-0.1, -0.05) is 12.1 Å². The smallest absolute Gasteiger partial charge is 0.229 e. The molecule has 0 aliphatic carbocycles. The van der Waals surface area contributed by atoms with Crippen molar-refractivity contribution < 1.29 is 45.2 Å². The van der Waals surface area contributed by atoms with E-state index in [1.807, 2.05) is 0 Å². The van der Waals surface area contributed by atoms with Crippen molar-refractivity contribution in [3.05, 3.63) is 47.5 Å². The Morgan fingerprint density at radius 3 is 2.00 bits per heavy atom. The number of aliphatic hydroxyl groups is 4. The fourth-order valence-corrected chi connectivity index (χ4v) is 3.11. The molecule has 5 atom stereocenters. The van der Waals surface area contributed by atoms with E-state index < -0.39 is 37.3 Å². The van der Waals surface area contributed by atoms with Crippen molar-refractivity contribution in [1.82, 2.24) is 0 Å². The van der Waals surface area contributed by atoms with Crippen molar-refractivity contribution in [2.24, 2.45) is 0 Å². The van der Waals surface area contributed by atoms with Crippen LogP contribution in [0.3, 0.4) is 0 Å². The number of aryl methyl sites for hydroxylation is 2. The predicted molar refractivity (Wildman–Crippen MR) is 99.7 cm³/mol. The topological polar surface area (TPSA) is 160 Å². The maximum Gasteiger partial charge on any atom is 0.229 e. The molecule has 9 heteroatoms. The summed E-state index contributed by atoms with van der Waals surface area (Å²) in [6.45, 7) is -0.587. The van der Waals surface area contributed by atoms with Crippen molar-refractivity contribution in [2.45, 2.75) is 43.5 Å². The molecule has 0 saturated carbocycles. The molecule has 0 radical (unpaired) electrons. The van der Waals surface area contributed by atoms with Gasteiger partial charge in [-0.05, 0) is 48.2 Å². The number of rotatable bonds is 6. The van der Waals surface area contributed by atoms with Gasteiger partial charge >= 0.3 is 0 Å². The van der Waals surface area contributed by atoms with Gasteiger partial charge in [0.2, 0.25) is 6.29 Å². The third-order valence-electron chi connectivity index (χ3n) is 4.86. The number of ether oxygens (including phenoxy) is 2. The number of hydrogen-bond acceptors (Lipinski definition) is 9. The number of phenolic OH excluding ortho intramolecular Hbond substituents is 3. The van der Waals surface area contributed by atoms with Crippen molar-refractivity contribution in [3.63, 3.8) is 0 Å². The van der Waals surface area contributed by atoms with Crippen LogP contribution in [-0.4, -0.2) is 73.1 Å². The van der Waals surface area contributed by atoms with E-state index in [1.54, 1.807) is 12.1 Å². The molecule has 2 aromatic rings. The van der Waals surface area contributed by atoms with Gasteiger partial charge in [0, 0.05) is 0 Å². The highest BCUT2D eigenvalue weighted by molar-refractivity contribution is 5.43. The maximum atomic E-state index is 10.1. The SMILES string of the molecule is OC[C@H]1O[C@@H](Oc2cc(CCc3ccc(O)c(O)c3)ccc2O)[C@H](O)[C@@H](O)[C@@H]1O. The van der Waals surface area contributed by atoms with E-state index in [9.17, 15) is 35.7 Å². The second kappa shape index (κ2) is 8.85. The highest BCUT2D eigenvalue weighted by Gasteiger charge is 2.44. The van der Waals surface area contributed by atoms with Crippen molar-refractivity contribution in [2.75, 3.05) is 6.61 Å². The summed E-state index contributed by atoms with van der Waals surface area (Å²) in [4.78, 5) is 0. The number of hydrogen-bond donors (Lipinski definition) is 7. The fraction of sp³-hybridized carbons (Fsp3) is 0.400. The normalized spacial score (nSPS) is 27.0. The molecule has 9 nitrogen and oxygen atoms in total. The average Bonchev–Trinajstić information content (AvgIpc) is 2.71. The molecule has 1 saturated heterocycles. The maximum absolute atomic E-state index is 10.1. The zero-order valence-electron chi connectivity index (χ0n) is 15.4. The first-order chi connectivity index (χ1) is 13.8. The Hall–Kier alpha value is -2.56. The first-order valence-electron chi connectivity index (χ1n) is 9.10. The number of phenols is 3. The van der Waals surface area contributed by atoms with Crippen LogP contribution in [0.5, 0.6) is 23.0 Å². The number of aromatic hydroxyl groups is 3. The molecular formula is C20H24O9. The van der Waals surface area contributed by atoms with Gasteiger partial charge in [0.1, 0.15) is 24.4 Å². The van der Waals surface area contributed by atoms with Crippen LogP contribution in [0.2, 0.25) is 0 Å². The summed E-state index contributed by atoms with van der Waals surface area (Å²) in [5.74, 6) is -0.623. The highest BCUT2D eigenvalue weighted by Crippen LogP contribution is 2.32. The zero-order chi connectivity index (χ0) is 21.1. The lowest BCUT2D eigenvalue weighted by Crippen LogP contribution is -2.60. The van der Waals surface area contributed by atoms with Crippen molar-refractivity contribution in [1.29, 1.82) is 0 Å². The van der Waals surface area contributed by atoms with E-state index >= 15 is 0 Å². The standard InChI is InChI=1S/C20H24O9/c21-9-16-17(25)18(26)19(27)20(29-16)28-15-8-11(4-6-13(15)23)2-1-10-3-5-12(22)14(24)7-10/h3-8,16-27H,1-2,9H2/t16-,17-,18+,19-,20-/m1/s1. The largest absolute Gasteiger partial charge is 0.504 e. The van der Waals surface area contributed by atoms with E-state index in [0.29, 0.717) is 12.8 Å². The molecule has 7 N–H and O–H groups in total. The molecular weight excluding hydrogens is 384 g/mol. The van der Waals surface area contributed by atoms with Gasteiger partial charge in [0.05, 0.1) is 6.61 Å². The quantitative estimate of drug-likeness (QED) is 0.320. The highest BCUT2D eigenvalue weighted by atomic mass is 16.7. The summed E-state index contributed by atoms with van der Waals surface area (Å²) in [6.07, 6.45) is -6.13. The van der Waals surface area contributed by atoms with E-state index in [4.69, 9.17) is 9.47 Å². The number of benzene rings is 2. The Kier molecular flexibility index (Phi) is 6.46. The van der Waals surface area contributed by atoms with Crippen LogP contribution >= 0.6 is 0 Å². The zero-order valence-corrected chi connectivity index (χ0v) is 15.4. The second-order valence-electron chi connectivity index (χ2n) is 6.94. The Morgan fingerprint density at radius 1 is 0.759 bits per heavy atom. The van der Waals surface area contributed by atoms with Gasteiger partial charge in [0.25, 0.3) is 0 Å². The van der Waals surface area contributed by atoms with Crippen LogP contribution < -0.4 is 4.74 Å². The molecule has 1 fully saturated rings. The minimum atomic E-state index is -1.59. The van der Waals surface area contributed by atoms with Crippen LogP contribution in [0.25, 0.3) is 0 Å². The molecule has 1 aliphatic rings. The third-order valence-corrected chi connectivity index (χ3v) is 4.86. The van der Waals surface area contributed by atoms with Gasteiger partial charge < -0.3 is 45.2 Å². The predicted octanol–water partition coefficient (Wildman–Crippen LogP) is -0.233. The summed E-state index contributed by atoms with van der Waals surface area (Å²) in [7, 11) is 0. The Labute approximate surface area is 166 Å². The van der Waals surface area contributed by atoms with Crippen LogP contribution in [0.4, 0.5) is 0 Å². The van der Waals surface area contributed by atoms with E-state index in [-0.39, 0.29) is 23.0 Å². The lowest BCUT2D eigenvalue weighted by molar-refractivity contribution is -0.277. The summed E-state index contributed by atoms with van der Waals surface area (Å²) in [6, 6.07) is 9.16. The molecule has 0 amide bonds. The summed E-state index contributed by atoms with van der Waals surface area (Å²) in [5, 5.41) is 68.0. The Morgan fingerprint density at radius 2 is 1.38 bits per heavy atom. The molecule has 0 bridgehead atoms. The molecule has 1 heterocycles. The molecule has 3 rings (SSSR count). The van der Waals surface area contributed by atoms with E-state index in [0.717, 1.165) is 11.1 Å². The van der Waals surface area contributed by atoms with Gasteiger partial charge in [-0.25, -0.2) is 0 Å². The first-order valence-corrected chi connectivity index (χ1v) is 9.10. The van der Waals surface area contributed by atoms with Crippen LogP contribution in [-0.2, 0) is 17.6 Å². The van der Waals surface area contributed by atoms with Crippen LogP contribution in [0.1, 0.15) is 11.1 Å². The lowest BCUT2D eigenvalue weighted by atomic mass is 9.99. The molecule has 1 aliphatic heterocycles. The summed E-state index contributed by atoms with van der Waals surface area (Å²) in [5.41, 5.74) is 1.57. The van der Waals surface area contributed by atoms with Gasteiger partial charge in [0.15, 0.2) is 23.0 Å².